The molecule has 1 N–H and O–H groups in total. The molecule has 0 spiro atoms. The minimum Gasteiger partial charge on any atom is -0.497 e. The number of nitrogens with zero attached hydrogens (tertiary/aromatic N) is 2. The predicted molar refractivity (Wildman–Crippen MR) is 75.0 cm³/mol. The topological polar surface area (TPSA) is 64.5 Å². The zero-order chi connectivity index (χ0) is 13.5. The Morgan fingerprint density at radius 3 is 2.95 bits per heavy atom. The third-order valence-electron chi connectivity index (χ3n) is 2.17. The highest BCUT2D eigenvalue weighted by Gasteiger charge is 2.05. The van der Waals surface area contributed by atoms with Crippen molar-refractivity contribution in [3.63, 3.8) is 0 Å². The molecule has 0 radical (unpaired) electrons. The van der Waals surface area contributed by atoms with Crippen molar-refractivity contribution >= 4 is 23.1 Å². The summed E-state index contributed by atoms with van der Waals surface area (Å²) in [6.07, 6.45) is 0. The van der Waals surface area contributed by atoms with Crippen molar-refractivity contribution in [1.29, 1.82) is 0 Å². The first kappa shape index (κ1) is 14.1. The highest BCUT2D eigenvalue weighted by molar-refractivity contribution is 8.01. The number of aliphatic hydroxyl groups is 1. The van der Waals surface area contributed by atoms with Gasteiger partial charge in [-0.2, -0.15) is 0 Å². The van der Waals surface area contributed by atoms with Crippen molar-refractivity contribution in [1.82, 2.24) is 10.2 Å². The number of ether oxygens (including phenoxy) is 2. The fraction of sp³-hybridized carbons (Fsp3) is 0.333. The minimum atomic E-state index is 0.139. The number of methoxy groups -OCH3 is 1. The second kappa shape index (κ2) is 7.32. The molecule has 1 heterocycles. The highest BCUT2D eigenvalue weighted by Crippen LogP contribution is 2.24. The van der Waals surface area contributed by atoms with Gasteiger partial charge in [0.25, 0.3) is 0 Å². The molecule has 0 unspecified atom stereocenters. The zero-order valence-electron chi connectivity index (χ0n) is 10.4. The lowest BCUT2D eigenvalue weighted by molar-refractivity contribution is 0.302. The number of hydrogen-bond donors (Lipinski definition) is 1. The number of benzene rings is 1. The van der Waals surface area contributed by atoms with Crippen LogP contribution in [0.5, 0.6) is 11.5 Å². The normalized spacial score (nSPS) is 10.4. The molecule has 0 aliphatic heterocycles. The van der Waals surface area contributed by atoms with Gasteiger partial charge in [0.05, 0.1) is 13.7 Å². The van der Waals surface area contributed by atoms with Gasteiger partial charge in [0.2, 0.25) is 0 Å². The second-order valence-electron chi connectivity index (χ2n) is 3.50. The number of aromatic nitrogens is 2. The second-order valence-corrected chi connectivity index (χ2v) is 5.91. The number of rotatable bonds is 7. The molecule has 0 saturated carbocycles. The van der Waals surface area contributed by atoms with E-state index in [-0.39, 0.29) is 6.61 Å². The molecule has 2 rings (SSSR count). The highest BCUT2D eigenvalue weighted by atomic mass is 32.2. The quantitative estimate of drug-likeness (QED) is 0.791. The van der Waals surface area contributed by atoms with Crippen LogP contribution in [0, 0.1) is 0 Å². The molecule has 1 aromatic carbocycles. The number of aliphatic hydroxyl groups excluding tert-OH is 1. The Labute approximate surface area is 119 Å². The Hall–Kier alpha value is -1.31. The van der Waals surface area contributed by atoms with Gasteiger partial charge in [0.15, 0.2) is 9.35 Å². The van der Waals surface area contributed by atoms with Crippen molar-refractivity contribution in [3.8, 4) is 11.5 Å². The van der Waals surface area contributed by atoms with E-state index in [1.807, 2.05) is 24.3 Å². The third-order valence-corrected chi connectivity index (χ3v) is 4.18. The Balaban J connectivity index is 1.89. The molecule has 19 heavy (non-hydrogen) atoms. The minimum absolute atomic E-state index is 0.139. The largest absolute Gasteiger partial charge is 0.497 e. The first-order valence-corrected chi connectivity index (χ1v) is 7.45. The van der Waals surface area contributed by atoms with Gasteiger partial charge in [0.1, 0.15) is 18.1 Å². The van der Waals surface area contributed by atoms with Crippen molar-refractivity contribution in [2.24, 2.45) is 0 Å². The van der Waals surface area contributed by atoms with Crippen molar-refractivity contribution in [2.45, 2.75) is 10.9 Å². The first-order chi connectivity index (χ1) is 9.31. The van der Waals surface area contributed by atoms with Crippen LogP contribution in [0.4, 0.5) is 0 Å². The van der Waals surface area contributed by atoms with Gasteiger partial charge < -0.3 is 14.6 Å². The smallest absolute Gasteiger partial charge is 0.174 e. The fourth-order valence-corrected chi connectivity index (χ4v) is 2.95. The van der Waals surface area contributed by atoms with Crippen LogP contribution in [0.2, 0.25) is 0 Å². The van der Waals surface area contributed by atoms with Crippen LogP contribution in [-0.2, 0) is 6.61 Å². The Bertz CT molecular complexity index is 519. The van der Waals surface area contributed by atoms with E-state index < -0.39 is 0 Å². The Morgan fingerprint density at radius 2 is 2.16 bits per heavy atom. The fourth-order valence-electron chi connectivity index (χ4n) is 1.32. The van der Waals surface area contributed by atoms with Gasteiger partial charge in [-0.1, -0.05) is 29.2 Å². The lowest BCUT2D eigenvalue weighted by Crippen LogP contribution is -1.95. The summed E-state index contributed by atoms with van der Waals surface area (Å²) in [7, 11) is 1.62. The Kier molecular flexibility index (Phi) is 5.44. The third kappa shape index (κ3) is 4.38. The van der Waals surface area contributed by atoms with Crippen LogP contribution < -0.4 is 9.47 Å². The van der Waals surface area contributed by atoms with E-state index in [4.69, 9.17) is 14.6 Å². The maximum atomic E-state index is 8.73. The zero-order valence-corrected chi connectivity index (χ0v) is 12.0. The average Bonchev–Trinajstić information content (AvgIpc) is 2.91. The van der Waals surface area contributed by atoms with Crippen molar-refractivity contribution in [3.05, 3.63) is 29.3 Å². The summed E-state index contributed by atoms with van der Waals surface area (Å²) in [6, 6.07) is 7.42. The monoisotopic (exact) mass is 298 g/mol. The van der Waals surface area contributed by atoms with E-state index in [0.717, 1.165) is 20.8 Å². The van der Waals surface area contributed by atoms with Crippen LogP contribution in [-0.4, -0.2) is 34.8 Å². The summed E-state index contributed by atoms with van der Waals surface area (Å²) in [4.78, 5) is 0. The summed E-state index contributed by atoms with van der Waals surface area (Å²) in [5.41, 5.74) is 0. The van der Waals surface area contributed by atoms with Crippen LogP contribution in [0.1, 0.15) is 5.01 Å². The molecule has 0 aliphatic carbocycles. The van der Waals surface area contributed by atoms with Gasteiger partial charge in [-0.15, -0.1) is 10.2 Å². The van der Waals surface area contributed by atoms with Crippen molar-refractivity contribution < 1.29 is 14.6 Å². The number of thioether (sulfide) groups is 1. The molecule has 0 aliphatic rings. The van der Waals surface area contributed by atoms with E-state index in [1.54, 1.807) is 7.11 Å². The van der Waals surface area contributed by atoms with E-state index in [0.29, 0.717) is 12.4 Å². The predicted octanol–water partition coefficient (Wildman–Crippen LogP) is 2.21. The summed E-state index contributed by atoms with van der Waals surface area (Å²) in [5.74, 6) is 2.12. The van der Waals surface area contributed by atoms with Crippen molar-refractivity contribution in [2.75, 3.05) is 19.5 Å². The van der Waals surface area contributed by atoms with E-state index in [1.165, 1.54) is 23.1 Å². The van der Waals surface area contributed by atoms with E-state index in [2.05, 4.69) is 10.2 Å². The van der Waals surface area contributed by atoms with Gasteiger partial charge in [0, 0.05) is 11.8 Å². The maximum absolute atomic E-state index is 8.73. The van der Waals surface area contributed by atoms with E-state index >= 15 is 0 Å². The first-order valence-electron chi connectivity index (χ1n) is 5.64. The molecular weight excluding hydrogens is 284 g/mol. The molecule has 1 aromatic heterocycles. The summed E-state index contributed by atoms with van der Waals surface area (Å²) >= 11 is 2.96. The average molecular weight is 298 g/mol. The standard InChI is InChI=1S/C12H14N2O3S2/c1-16-9-3-2-4-10(7-9)17-8-11-13-14-12(19-11)18-6-5-15/h2-4,7,15H,5-6,8H2,1H3. The Morgan fingerprint density at radius 1 is 1.32 bits per heavy atom. The summed E-state index contributed by atoms with van der Waals surface area (Å²) < 4.78 is 11.6. The number of hydrogen-bond acceptors (Lipinski definition) is 7. The van der Waals surface area contributed by atoms with Crippen LogP contribution in [0.15, 0.2) is 28.6 Å². The molecule has 0 fully saturated rings. The van der Waals surface area contributed by atoms with Crippen LogP contribution in [0.25, 0.3) is 0 Å². The lowest BCUT2D eigenvalue weighted by Gasteiger charge is -2.05. The lowest BCUT2D eigenvalue weighted by atomic mass is 10.3. The summed E-state index contributed by atoms with van der Waals surface area (Å²) in [6.45, 7) is 0.518. The summed E-state index contributed by atoms with van der Waals surface area (Å²) in [5, 5.41) is 17.6. The molecule has 2 aromatic rings. The molecule has 0 atom stereocenters. The van der Waals surface area contributed by atoms with Gasteiger partial charge in [-0.25, -0.2) is 0 Å². The van der Waals surface area contributed by atoms with Gasteiger partial charge in [-0.05, 0) is 12.1 Å². The van der Waals surface area contributed by atoms with E-state index in [9.17, 15) is 0 Å². The SMILES string of the molecule is COc1cccc(OCc2nnc(SCCO)s2)c1. The van der Waals surface area contributed by atoms with Gasteiger partial charge in [-0.3, -0.25) is 0 Å². The van der Waals surface area contributed by atoms with Gasteiger partial charge >= 0.3 is 0 Å². The molecule has 5 nitrogen and oxygen atoms in total. The molecule has 0 amide bonds. The molecule has 0 saturated heterocycles. The molecular formula is C12H14N2O3S2. The van der Waals surface area contributed by atoms with Crippen LogP contribution in [0.3, 0.4) is 0 Å². The maximum Gasteiger partial charge on any atom is 0.174 e. The molecule has 0 bridgehead atoms. The molecule has 7 heteroatoms. The van der Waals surface area contributed by atoms with Crippen LogP contribution >= 0.6 is 23.1 Å². The molecule has 102 valence electrons.